The lowest BCUT2D eigenvalue weighted by molar-refractivity contribution is -0.141. The number of rotatable bonds is 5. The molecule has 0 saturated carbocycles. The molecule has 10 heteroatoms. The zero-order valence-corrected chi connectivity index (χ0v) is 10.1. The molecule has 0 bridgehead atoms. The largest absolute Gasteiger partial charge is 0.436 e. The highest BCUT2D eigenvalue weighted by Gasteiger charge is 2.49. The van der Waals surface area contributed by atoms with Crippen LogP contribution in [0.5, 0.6) is 0 Å². The highest BCUT2D eigenvalue weighted by atomic mass is 31.2. The summed E-state index contributed by atoms with van der Waals surface area (Å²) in [6, 6.07) is 0. The van der Waals surface area contributed by atoms with Crippen LogP contribution in [0.25, 0.3) is 0 Å². The Kier molecular flexibility index (Phi) is 5.13. The first-order valence-electron chi connectivity index (χ1n) is 3.61. The van der Waals surface area contributed by atoms with Gasteiger partial charge in [-0.15, -0.1) is 0 Å². The molecule has 0 radical (unpaired) electrons. The molecule has 0 saturated heterocycles. The zero-order valence-electron chi connectivity index (χ0n) is 8.32. The number of esters is 1. The molecule has 0 aliphatic carbocycles. The molecule has 0 rings (SSSR count). The van der Waals surface area contributed by atoms with Crippen LogP contribution in [0.1, 0.15) is 6.92 Å². The van der Waals surface area contributed by atoms with E-state index in [1.807, 2.05) is 0 Å². The monoisotopic (exact) mass is 262 g/mol. The molecule has 0 spiro atoms. The maximum Gasteiger partial charge on any atom is 0.383 e. The molecule has 0 amide bonds. The van der Waals surface area contributed by atoms with Gasteiger partial charge in [-0.3, -0.25) is 13.9 Å². The molecule has 1 unspecified atom stereocenters. The summed E-state index contributed by atoms with van der Waals surface area (Å²) < 4.78 is 35.5. The second-order valence-electron chi connectivity index (χ2n) is 2.43. The number of carbonyl (C=O) groups excluding carboxylic acids is 1. The van der Waals surface area contributed by atoms with E-state index >= 15 is 0 Å². The van der Waals surface area contributed by atoms with Crippen LogP contribution >= 0.6 is 15.2 Å². The second kappa shape index (κ2) is 5.21. The van der Waals surface area contributed by atoms with E-state index in [2.05, 4.69) is 13.8 Å². The molecule has 1 atom stereocenters. The topological polar surface area (TPSA) is 119 Å². The highest BCUT2D eigenvalue weighted by molar-refractivity contribution is 7.71. The summed E-state index contributed by atoms with van der Waals surface area (Å²) >= 11 is 0. The van der Waals surface area contributed by atoms with Crippen LogP contribution in [0.3, 0.4) is 0 Å². The first-order valence-corrected chi connectivity index (χ1v) is 6.90. The lowest BCUT2D eigenvalue weighted by atomic mass is 10.8. The summed E-state index contributed by atoms with van der Waals surface area (Å²) in [4.78, 5) is 28.2. The van der Waals surface area contributed by atoms with Gasteiger partial charge in [0.15, 0.2) is 0 Å². The Morgan fingerprint density at radius 3 is 1.80 bits per heavy atom. The van der Waals surface area contributed by atoms with E-state index in [0.717, 1.165) is 21.1 Å². The van der Waals surface area contributed by atoms with Crippen molar-refractivity contribution < 1.29 is 37.5 Å². The van der Waals surface area contributed by atoms with Crippen molar-refractivity contribution >= 4 is 21.2 Å². The lowest BCUT2D eigenvalue weighted by Gasteiger charge is -2.23. The van der Waals surface area contributed by atoms with Crippen LogP contribution in [0.4, 0.5) is 0 Å². The minimum Gasteiger partial charge on any atom is -0.436 e. The van der Waals surface area contributed by atoms with Crippen molar-refractivity contribution in [1.29, 1.82) is 0 Å². The summed E-state index contributed by atoms with van der Waals surface area (Å²) in [5.41, 5.74) is -2.24. The smallest absolute Gasteiger partial charge is 0.383 e. The number of carbonyl (C=O) groups is 1. The summed E-state index contributed by atoms with van der Waals surface area (Å²) in [5.74, 6) is -1.00. The molecule has 15 heavy (non-hydrogen) atoms. The third-order valence-corrected chi connectivity index (χ3v) is 5.43. The van der Waals surface area contributed by atoms with Crippen molar-refractivity contribution in [1.82, 2.24) is 0 Å². The van der Waals surface area contributed by atoms with Crippen molar-refractivity contribution in [3.05, 3.63) is 0 Å². The van der Waals surface area contributed by atoms with E-state index in [-0.39, 0.29) is 0 Å². The van der Waals surface area contributed by atoms with E-state index in [0.29, 0.717) is 0 Å². The first kappa shape index (κ1) is 14.8. The van der Waals surface area contributed by atoms with Crippen LogP contribution in [-0.2, 0) is 27.7 Å². The average molecular weight is 262 g/mol. The predicted molar refractivity (Wildman–Crippen MR) is 49.2 cm³/mol. The number of hydrogen-bond acceptors (Lipinski definition) is 6. The van der Waals surface area contributed by atoms with Gasteiger partial charge in [0.1, 0.15) is 0 Å². The third-order valence-electron chi connectivity index (χ3n) is 1.34. The quantitative estimate of drug-likeness (QED) is 0.542. The molecule has 90 valence electrons. The van der Waals surface area contributed by atoms with E-state index in [1.54, 1.807) is 0 Å². The molecule has 0 aromatic rings. The molecular weight excluding hydrogens is 250 g/mol. The minimum atomic E-state index is -4.94. The van der Waals surface area contributed by atoms with Gasteiger partial charge in [-0.1, -0.05) is 0 Å². The molecule has 2 N–H and O–H groups in total. The van der Waals surface area contributed by atoms with Crippen LogP contribution < -0.4 is 0 Å². The molecule has 0 fully saturated rings. The van der Waals surface area contributed by atoms with Gasteiger partial charge in [0.25, 0.3) is 0 Å². The fraction of sp³-hybridized carbons (Fsp3) is 0.800. The minimum absolute atomic E-state index is 0.915. The number of hydrogen-bond donors (Lipinski definition) is 2. The van der Waals surface area contributed by atoms with Crippen molar-refractivity contribution in [2.45, 2.75) is 12.5 Å². The third kappa shape index (κ3) is 4.03. The van der Waals surface area contributed by atoms with Gasteiger partial charge in [-0.25, -0.2) is 0 Å². The van der Waals surface area contributed by atoms with Gasteiger partial charge in [-0.05, 0) is 0 Å². The average Bonchev–Trinajstić information content (AvgIpc) is 2.11. The fourth-order valence-electron chi connectivity index (χ4n) is 0.721. The van der Waals surface area contributed by atoms with Gasteiger partial charge < -0.3 is 23.6 Å². The van der Waals surface area contributed by atoms with Crippen LogP contribution in [0.2, 0.25) is 0 Å². The molecule has 0 aliphatic heterocycles. The summed E-state index contributed by atoms with van der Waals surface area (Å²) in [7, 11) is -7.26. The Morgan fingerprint density at radius 2 is 1.60 bits per heavy atom. The molecule has 0 heterocycles. The lowest BCUT2D eigenvalue weighted by Crippen LogP contribution is -2.18. The van der Waals surface area contributed by atoms with Crippen molar-refractivity contribution in [3.8, 4) is 0 Å². The first-order chi connectivity index (χ1) is 6.67. The van der Waals surface area contributed by atoms with Crippen molar-refractivity contribution in [2.75, 3.05) is 14.2 Å². The Bertz CT molecular complexity index is 311. The number of ether oxygens (including phenoxy) is 1. The molecule has 0 aliphatic rings. The maximum absolute atomic E-state index is 11.6. The molecule has 8 nitrogen and oxygen atoms in total. The van der Waals surface area contributed by atoms with E-state index < -0.39 is 26.7 Å². The molecule has 0 aromatic carbocycles. The van der Waals surface area contributed by atoms with Crippen LogP contribution in [0, 0.1) is 0 Å². The zero-order chi connectivity index (χ0) is 12.3. The maximum atomic E-state index is 11.6. The standard InChI is InChI=1S/C5H12O8P2/c1-4(6)13-5(14(7,8)9)15(10,11-2)12-3/h5H,1-3H3,(H2,7,8,9). The van der Waals surface area contributed by atoms with E-state index in [1.165, 1.54) is 0 Å². The Hall–Kier alpha value is -0.230. The van der Waals surface area contributed by atoms with Crippen LogP contribution in [-0.4, -0.2) is 35.6 Å². The van der Waals surface area contributed by atoms with Gasteiger partial charge in [-0.2, -0.15) is 0 Å². The second-order valence-corrected chi connectivity index (χ2v) is 6.76. The van der Waals surface area contributed by atoms with Gasteiger partial charge in [0.05, 0.1) is 0 Å². The van der Waals surface area contributed by atoms with Gasteiger partial charge in [0.2, 0.25) is 0 Å². The Labute approximate surface area is 86.2 Å². The fourth-order valence-corrected chi connectivity index (χ4v) is 3.83. The van der Waals surface area contributed by atoms with E-state index in [9.17, 15) is 13.9 Å². The summed E-state index contributed by atoms with van der Waals surface area (Å²) in [6.45, 7) is 0.915. The normalized spacial score (nSPS) is 14.7. The molecule has 0 aromatic heterocycles. The van der Waals surface area contributed by atoms with Crippen molar-refractivity contribution in [2.24, 2.45) is 0 Å². The summed E-state index contributed by atoms with van der Waals surface area (Å²) in [5, 5.41) is 0. The predicted octanol–water partition coefficient (Wildman–Crippen LogP) is 0.497. The van der Waals surface area contributed by atoms with Gasteiger partial charge in [0, 0.05) is 21.1 Å². The highest BCUT2D eigenvalue weighted by Crippen LogP contribution is 2.65. The summed E-state index contributed by atoms with van der Waals surface area (Å²) in [6.07, 6.45) is 0. The SMILES string of the molecule is COP(=O)(OC)C(OC(C)=O)P(=O)(O)O. The molecular formula is C5H12O8P2. The Morgan fingerprint density at radius 1 is 1.20 bits per heavy atom. The van der Waals surface area contributed by atoms with E-state index in [4.69, 9.17) is 9.79 Å². The van der Waals surface area contributed by atoms with Crippen molar-refractivity contribution in [3.63, 3.8) is 0 Å². The van der Waals surface area contributed by atoms with Gasteiger partial charge >= 0.3 is 26.7 Å². The van der Waals surface area contributed by atoms with Crippen LogP contribution in [0.15, 0.2) is 0 Å². The Balaban J connectivity index is 5.19.